The average molecular weight is 430 g/mol. The van der Waals surface area contributed by atoms with Gasteiger partial charge in [0.05, 0.1) is 16.7 Å². The lowest BCUT2D eigenvalue weighted by Gasteiger charge is -2.32. The first-order valence-electron chi connectivity index (χ1n) is 9.75. The zero-order valence-electron chi connectivity index (χ0n) is 17.0. The molecule has 0 radical (unpaired) electrons. The second-order valence-electron chi connectivity index (χ2n) is 8.43. The summed E-state index contributed by atoms with van der Waals surface area (Å²) in [6.45, 7) is 10.5. The first kappa shape index (κ1) is 20.6. The molecule has 1 aliphatic carbocycles. The lowest BCUT2D eigenvalue weighted by Crippen LogP contribution is -2.41. The first-order valence-corrected chi connectivity index (χ1v) is 10.5. The molecule has 3 nitrogen and oxygen atoms in total. The number of benzene rings is 1. The molecule has 0 bridgehead atoms. The molecule has 4 rings (SSSR count). The van der Waals surface area contributed by atoms with Crippen molar-refractivity contribution in [2.24, 2.45) is 0 Å². The van der Waals surface area contributed by atoms with Gasteiger partial charge in [-0.1, -0.05) is 33.6 Å². The molecule has 2 aromatic rings. The van der Waals surface area contributed by atoms with Crippen molar-refractivity contribution in [1.82, 2.24) is 4.98 Å². The van der Waals surface area contributed by atoms with E-state index < -0.39 is 0 Å². The third kappa shape index (κ3) is 4.64. The monoisotopic (exact) mass is 429 g/mol. The Morgan fingerprint density at radius 3 is 2.37 bits per heavy atom. The van der Waals surface area contributed by atoms with Gasteiger partial charge in [-0.15, -0.1) is 0 Å². The Hall–Kier alpha value is -1.17. The quantitative estimate of drug-likeness (QED) is 0.489. The van der Waals surface area contributed by atoms with Gasteiger partial charge in [-0.2, -0.15) is 0 Å². The van der Waals surface area contributed by atoms with E-state index in [0.717, 1.165) is 16.4 Å². The molecule has 1 saturated heterocycles. The lowest BCUT2D eigenvalue weighted by molar-refractivity contribution is 0.00578. The highest BCUT2D eigenvalue weighted by molar-refractivity contribution is 9.10. The van der Waals surface area contributed by atoms with Crippen LogP contribution in [0.2, 0.25) is 0 Å². The maximum Gasteiger partial charge on any atom is 0.490 e. The normalized spacial score (nSPS) is 20.8. The number of pyridine rings is 1. The molecule has 0 N–H and O–H groups in total. The zero-order chi connectivity index (χ0) is 19.7. The molecule has 1 aromatic carbocycles. The Morgan fingerprint density at radius 2 is 1.74 bits per heavy atom. The van der Waals surface area contributed by atoms with Crippen LogP contribution in [0.25, 0.3) is 10.9 Å². The van der Waals surface area contributed by atoms with Gasteiger partial charge in [0.2, 0.25) is 0 Å². The summed E-state index contributed by atoms with van der Waals surface area (Å²) in [6.07, 6.45) is 9.00. The molecule has 0 spiro atoms. The molecule has 1 aromatic heterocycles. The summed E-state index contributed by atoms with van der Waals surface area (Å²) in [7, 11) is -0.102. The molecule has 0 saturated carbocycles. The van der Waals surface area contributed by atoms with E-state index in [1.165, 1.54) is 35.7 Å². The van der Waals surface area contributed by atoms with Crippen LogP contribution >= 0.6 is 15.9 Å². The van der Waals surface area contributed by atoms with E-state index in [2.05, 4.69) is 73.7 Å². The molecule has 5 heteroatoms. The maximum atomic E-state index is 6.01. The van der Waals surface area contributed by atoms with E-state index in [1.54, 1.807) is 0 Å². The summed E-state index contributed by atoms with van der Waals surface area (Å²) in [5.41, 5.74) is 3.25. The number of fused-ring (bicyclic) bond motifs is 1. The van der Waals surface area contributed by atoms with Crippen molar-refractivity contribution in [1.29, 1.82) is 0 Å². The van der Waals surface area contributed by atoms with Crippen molar-refractivity contribution in [3.05, 3.63) is 52.0 Å². The van der Waals surface area contributed by atoms with Gasteiger partial charge in [-0.25, -0.2) is 0 Å². The number of allylic oxidation sites excluding steroid dienone is 2. The first-order chi connectivity index (χ1) is 12.7. The molecule has 0 atom stereocenters. The average Bonchev–Trinajstić information content (AvgIpc) is 2.85. The maximum absolute atomic E-state index is 6.01. The van der Waals surface area contributed by atoms with Crippen LogP contribution in [0.5, 0.6) is 0 Å². The van der Waals surface area contributed by atoms with E-state index in [9.17, 15) is 0 Å². The minimum atomic E-state index is -0.198. The number of aromatic nitrogens is 1. The number of hydrogen-bond donors (Lipinski definition) is 0. The SMILES string of the molecule is CC1(C)OB(C2=CCCCC2)OC1(C)C.Cc1ccc2nccc(Br)c2c1. The van der Waals surface area contributed by atoms with Crippen LogP contribution in [0.4, 0.5) is 0 Å². The standard InChI is InChI=1S/C12H21BO2.C10H8BrN/c1-11(2)12(3,4)15-13(14-11)10-8-6-5-7-9-10;1-7-2-3-10-8(6-7)9(11)4-5-12-10/h8H,5-7,9H2,1-4H3;2-6H,1H3. The van der Waals surface area contributed by atoms with E-state index in [0.29, 0.717) is 0 Å². The smallest absolute Gasteiger partial charge is 0.400 e. The largest absolute Gasteiger partial charge is 0.490 e. The van der Waals surface area contributed by atoms with E-state index in [-0.39, 0.29) is 18.3 Å². The molecule has 27 heavy (non-hydrogen) atoms. The van der Waals surface area contributed by atoms with Gasteiger partial charge in [-0.05, 0) is 84.0 Å². The van der Waals surface area contributed by atoms with Crippen molar-refractivity contribution in [2.45, 2.75) is 71.5 Å². The van der Waals surface area contributed by atoms with Gasteiger partial charge < -0.3 is 9.31 Å². The summed E-state index contributed by atoms with van der Waals surface area (Å²) in [5.74, 6) is 0. The summed E-state index contributed by atoms with van der Waals surface area (Å²) < 4.78 is 13.1. The van der Waals surface area contributed by atoms with Crippen LogP contribution in [0.1, 0.15) is 58.9 Å². The Bertz CT molecular complexity index is 831. The number of nitrogens with zero attached hydrogens (tertiary/aromatic N) is 1. The Balaban J connectivity index is 0.000000159. The van der Waals surface area contributed by atoms with Crippen molar-refractivity contribution in [3.63, 3.8) is 0 Å². The predicted octanol–water partition coefficient (Wildman–Crippen LogP) is 6.42. The molecule has 1 aliphatic heterocycles. The topological polar surface area (TPSA) is 31.4 Å². The molecule has 2 aliphatic rings. The summed E-state index contributed by atoms with van der Waals surface area (Å²) >= 11 is 3.49. The van der Waals surface area contributed by atoms with Crippen LogP contribution in [0, 0.1) is 6.92 Å². The van der Waals surface area contributed by atoms with Crippen LogP contribution in [0.15, 0.2) is 46.5 Å². The van der Waals surface area contributed by atoms with Gasteiger partial charge in [-0.3, -0.25) is 4.98 Å². The highest BCUT2D eigenvalue weighted by Gasteiger charge is 2.52. The summed E-state index contributed by atoms with van der Waals surface area (Å²) in [6, 6.07) is 8.20. The molecule has 2 heterocycles. The number of halogens is 1. The van der Waals surface area contributed by atoms with E-state index in [4.69, 9.17) is 9.31 Å². The number of aryl methyl sites for hydroxylation is 1. The highest BCUT2D eigenvalue weighted by atomic mass is 79.9. The zero-order valence-corrected chi connectivity index (χ0v) is 18.6. The van der Waals surface area contributed by atoms with Crippen LogP contribution < -0.4 is 0 Å². The van der Waals surface area contributed by atoms with E-state index >= 15 is 0 Å². The predicted molar refractivity (Wildman–Crippen MR) is 117 cm³/mol. The second kappa shape index (κ2) is 8.06. The molecule has 144 valence electrons. The van der Waals surface area contributed by atoms with Crippen molar-refractivity contribution in [2.75, 3.05) is 0 Å². The lowest BCUT2D eigenvalue weighted by atomic mass is 9.73. The fraction of sp³-hybridized carbons (Fsp3) is 0.500. The molecule has 1 fully saturated rings. The van der Waals surface area contributed by atoms with E-state index in [1.807, 2.05) is 18.3 Å². The van der Waals surface area contributed by atoms with Crippen molar-refractivity contribution in [3.8, 4) is 0 Å². The molecular weight excluding hydrogens is 401 g/mol. The van der Waals surface area contributed by atoms with Crippen molar-refractivity contribution >= 4 is 34.0 Å². The minimum absolute atomic E-state index is 0.102. The van der Waals surface area contributed by atoms with Crippen LogP contribution in [0.3, 0.4) is 0 Å². The summed E-state index contributed by atoms with van der Waals surface area (Å²) in [5, 5.41) is 1.18. The van der Waals surface area contributed by atoms with Crippen LogP contribution in [-0.2, 0) is 9.31 Å². The van der Waals surface area contributed by atoms with Gasteiger partial charge >= 0.3 is 7.12 Å². The van der Waals surface area contributed by atoms with Crippen molar-refractivity contribution < 1.29 is 9.31 Å². The Labute approximate surface area is 171 Å². The fourth-order valence-corrected chi connectivity index (χ4v) is 3.73. The van der Waals surface area contributed by atoms with Gasteiger partial charge in [0, 0.05) is 16.1 Å². The number of hydrogen-bond acceptors (Lipinski definition) is 3. The third-order valence-electron chi connectivity index (χ3n) is 5.73. The van der Waals surface area contributed by atoms with Crippen LogP contribution in [-0.4, -0.2) is 23.3 Å². The van der Waals surface area contributed by atoms with Gasteiger partial charge in [0.25, 0.3) is 0 Å². The Morgan fingerprint density at radius 1 is 1.04 bits per heavy atom. The minimum Gasteiger partial charge on any atom is -0.400 e. The fourth-order valence-electron chi connectivity index (χ4n) is 3.30. The van der Waals surface area contributed by atoms with Gasteiger partial charge in [0.1, 0.15) is 0 Å². The van der Waals surface area contributed by atoms with Gasteiger partial charge in [0.15, 0.2) is 0 Å². The molecule has 0 amide bonds. The third-order valence-corrected chi connectivity index (χ3v) is 6.42. The summed E-state index contributed by atoms with van der Waals surface area (Å²) in [4.78, 5) is 4.25. The molecule has 0 unspecified atom stereocenters. The number of rotatable bonds is 1. The Kier molecular flexibility index (Phi) is 6.14. The molecular formula is C22H29BBrNO2. The second-order valence-corrected chi connectivity index (χ2v) is 9.28. The highest BCUT2D eigenvalue weighted by Crippen LogP contribution is 2.40.